The normalized spacial score (nSPS) is 19.3. The number of hydrogen-bond donors (Lipinski definition) is 1. The van der Waals surface area contributed by atoms with Gasteiger partial charge in [0.2, 0.25) is 11.8 Å². The Balaban J connectivity index is 1.67. The van der Waals surface area contributed by atoms with Gasteiger partial charge in [-0.2, -0.15) is 0 Å². The fourth-order valence-electron chi connectivity index (χ4n) is 3.24. The average Bonchev–Trinajstić information content (AvgIpc) is 3.18. The molecule has 0 bridgehead atoms. The van der Waals surface area contributed by atoms with Crippen LogP contribution in [-0.2, 0) is 9.59 Å². The number of nitrogens with zero attached hydrogens (tertiary/aromatic N) is 2. The molecule has 1 unspecified atom stereocenters. The van der Waals surface area contributed by atoms with Crippen molar-refractivity contribution in [1.82, 2.24) is 4.90 Å². The highest BCUT2D eigenvalue weighted by Gasteiger charge is 2.25. The molecule has 0 saturated carbocycles. The number of anilines is 2. The minimum Gasteiger partial charge on any atom is -0.374 e. The van der Waals surface area contributed by atoms with Gasteiger partial charge in [-0.25, -0.2) is 0 Å². The Kier molecular flexibility index (Phi) is 4.76. The van der Waals surface area contributed by atoms with E-state index in [1.807, 2.05) is 24.0 Å². The van der Waals surface area contributed by atoms with Gasteiger partial charge >= 0.3 is 0 Å². The van der Waals surface area contributed by atoms with E-state index in [4.69, 9.17) is 11.6 Å². The molecule has 0 aliphatic carbocycles. The summed E-state index contributed by atoms with van der Waals surface area (Å²) in [7, 11) is 0. The largest absolute Gasteiger partial charge is 0.374 e. The summed E-state index contributed by atoms with van der Waals surface area (Å²) in [5, 5.41) is 3.74. The Labute approximate surface area is 141 Å². The third kappa shape index (κ3) is 3.44. The molecule has 2 amide bonds. The predicted octanol–water partition coefficient (Wildman–Crippen LogP) is 2.89. The molecule has 0 spiro atoms. The van der Waals surface area contributed by atoms with Crippen LogP contribution in [0.2, 0.25) is 5.02 Å². The van der Waals surface area contributed by atoms with E-state index < -0.39 is 0 Å². The number of amides is 2. The van der Waals surface area contributed by atoms with Crippen molar-refractivity contribution < 1.29 is 9.59 Å². The van der Waals surface area contributed by atoms with Crippen LogP contribution in [-0.4, -0.2) is 42.4 Å². The van der Waals surface area contributed by atoms with Crippen molar-refractivity contribution >= 4 is 34.8 Å². The summed E-state index contributed by atoms with van der Waals surface area (Å²) in [6, 6.07) is 5.22. The van der Waals surface area contributed by atoms with Gasteiger partial charge in [0.25, 0.3) is 0 Å². The van der Waals surface area contributed by atoms with Gasteiger partial charge in [0.05, 0.1) is 10.7 Å². The first kappa shape index (κ1) is 16.1. The van der Waals surface area contributed by atoms with Crippen LogP contribution < -0.4 is 10.2 Å². The summed E-state index contributed by atoms with van der Waals surface area (Å²) in [6.45, 7) is 4.28. The van der Waals surface area contributed by atoms with E-state index in [2.05, 4.69) is 5.32 Å². The van der Waals surface area contributed by atoms with Crippen LogP contribution in [0.15, 0.2) is 18.2 Å². The molecule has 2 fully saturated rings. The van der Waals surface area contributed by atoms with Gasteiger partial charge < -0.3 is 15.1 Å². The van der Waals surface area contributed by atoms with Crippen LogP contribution in [0.25, 0.3) is 0 Å². The van der Waals surface area contributed by atoms with Crippen molar-refractivity contribution in [1.29, 1.82) is 0 Å². The maximum absolute atomic E-state index is 12.3. The number of rotatable bonds is 4. The maximum atomic E-state index is 12.3. The van der Waals surface area contributed by atoms with Gasteiger partial charge in [0.1, 0.15) is 6.04 Å². The smallest absolute Gasteiger partial charge is 0.244 e. The number of carbonyl (C=O) groups excluding carboxylic acids is 2. The molecule has 2 aliphatic rings. The summed E-state index contributed by atoms with van der Waals surface area (Å²) in [5.74, 6) is 0.239. The summed E-state index contributed by atoms with van der Waals surface area (Å²) in [4.78, 5) is 27.8. The Morgan fingerprint density at radius 3 is 2.57 bits per heavy atom. The molecule has 0 aromatic heterocycles. The molecular weight excluding hydrogens is 314 g/mol. The zero-order valence-electron chi connectivity index (χ0n) is 13.3. The SMILES string of the molecule is CC(Nc1ccc(N2CCCC2=O)c(Cl)c1)C(=O)N1CCCC1. The Morgan fingerprint density at radius 1 is 1.22 bits per heavy atom. The molecule has 2 heterocycles. The van der Waals surface area contributed by atoms with Crippen LogP contribution in [0, 0.1) is 0 Å². The summed E-state index contributed by atoms with van der Waals surface area (Å²) in [6.07, 6.45) is 3.62. The number of hydrogen-bond acceptors (Lipinski definition) is 3. The van der Waals surface area contributed by atoms with E-state index in [1.54, 1.807) is 11.0 Å². The monoisotopic (exact) mass is 335 g/mol. The zero-order chi connectivity index (χ0) is 16.4. The van der Waals surface area contributed by atoms with E-state index in [0.717, 1.165) is 50.3 Å². The molecule has 1 N–H and O–H groups in total. The van der Waals surface area contributed by atoms with E-state index >= 15 is 0 Å². The molecular formula is C17H22ClN3O2. The second-order valence-corrected chi connectivity index (χ2v) is 6.62. The molecule has 1 aromatic rings. The van der Waals surface area contributed by atoms with Crippen LogP contribution in [0.1, 0.15) is 32.6 Å². The number of benzene rings is 1. The molecule has 2 aliphatic heterocycles. The topological polar surface area (TPSA) is 52.7 Å². The second-order valence-electron chi connectivity index (χ2n) is 6.21. The maximum Gasteiger partial charge on any atom is 0.244 e. The molecule has 0 radical (unpaired) electrons. The highest BCUT2D eigenvalue weighted by molar-refractivity contribution is 6.34. The highest BCUT2D eigenvalue weighted by atomic mass is 35.5. The Bertz CT molecular complexity index is 614. The summed E-state index contributed by atoms with van der Waals surface area (Å²) in [5.41, 5.74) is 1.55. The molecule has 23 heavy (non-hydrogen) atoms. The number of halogens is 1. The number of likely N-dealkylation sites (tertiary alicyclic amines) is 1. The first-order valence-corrected chi connectivity index (χ1v) is 8.59. The van der Waals surface area contributed by atoms with Crippen molar-refractivity contribution in [2.45, 2.75) is 38.6 Å². The summed E-state index contributed by atoms with van der Waals surface area (Å²) < 4.78 is 0. The number of carbonyl (C=O) groups is 2. The van der Waals surface area contributed by atoms with Crippen molar-refractivity contribution in [3.8, 4) is 0 Å². The van der Waals surface area contributed by atoms with E-state index in [9.17, 15) is 9.59 Å². The van der Waals surface area contributed by atoms with E-state index in [0.29, 0.717) is 11.4 Å². The molecule has 2 saturated heterocycles. The van der Waals surface area contributed by atoms with Crippen LogP contribution in [0.5, 0.6) is 0 Å². The lowest BCUT2D eigenvalue weighted by Gasteiger charge is -2.23. The fraction of sp³-hybridized carbons (Fsp3) is 0.529. The van der Waals surface area contributed by atoms with E-state index in [1.165, 1.54) is 0 Å². The molecule has 5 nitrogen and oxygen atoms in total. The van der Waals surface area contributed by atoms with Gasteiger partial charge in [0.15, 0.2) is 0 Å². The van der Waals surface area contributed by atoms with Gasteiger partial charge in [-0.15, -0.1) is 0 Å². The third-order valence-electron chi connectivity index (χ3n) is 4.48. The third-order valence-corrected chi connectivity index (χ3v) is 4.79. The minimum atomic E-state index is -0.288. The van der Waals surface area contributed by atoms with Gasteiger partial charge in [-0.3, -0.25) is 9.59 Å². The van der Waals surface area contributed by atoms with Crippen LogP contribution in [0.3, 0.4) is 0 Å². The van der Waals surface area contributed by atoms with Crippen molar-refractivity contribution in [2.75, 3.05) is 29.9 Å². The van der Waals surface area contributed by atoms with Crippen molar-refractivity contribution in [3.05, 3.63) is 23.2 Å². The highest BCUT2D eigenvalue weighted by Crippen LogP contribution is 2.32. The molecule has 1 aromatic carbocycles. The molecule has 1 atom stereocenters. The molecule has 6 heteroatoms. The van der Waals surface area contributed by atoms with Gasteiger partial charge in [-0.1, -0.05) is 11.6 Å². The van der Waals surface area contributed by atoms with Crippen LogP contribution >= 0.6 is 11.6 Å². The zero-order valence-corrected chi connectivity index (χ0v) is 14.1. The Morgan fingerprint density at radius 2 is 1.96 bits per heavy atom. The lowest BCUT2D eigenvalue weighted by atomic mass is 10.2. The molecule has 3 rings (SSSR count). The predicted molar refractivity (Wildman–Crippen MR) is 91.9 cm³/mol. The minimum absolute atomic E-state index is 0.116. The number of nitrogens with one attached hydrogen (secondary N) is 1. The quantitative estimate of drug-likeness (QED) is 0.920. The second kappa shape index (κ2) is 6.79. The first-order chi connectivity index (χ1) is 11.1. The van der Waals surface area contributed by atoms with Gasteiger partial charge in [0, 0.05) is 31.7 Å². The summed E-state index contributed by atoms with van der Waals surface area (Å²) >= 11 is 6.34. The van der Waals surface area contributed by atoms with Crippen molar-refractivity contribution in [2.24, 2.45) is 0 Å². The van der Waals surface area contributed by atoms with Gasteiger partial charge in [-0.05, 0) is 44.4 Å². The fourth-order valence-corrected chi connectivity index (χ4v) is 3.52. The lowest BCUT2D eigenvalue weighted by molar-refractivity contribution is -0.130. The standard InChI is InChI=1S/C17H22ClN3O2/c1-12(17(23)20-8-2-3-9-20)19-13-6-7-15(14(18)11-13)21-10-4-5-16(21)22/h6-7,11-12,19H,2-5,8-10H2,1H3. The van der Waals surface area contributed by atoms with Crippen molar-refractivity contribution in [3.63, 3.8) is 0 Å². The Hall–Kier alpha value is -1.75. The first-order valence-electron chi connectivity index (χ1n) is 8.21. The average molecular weight is 336 g/mol. The lowest BCUT2D eigenvalue weighted by Crippen LogP contribution is -2.39. The van der Waals surface area contributed by atoms with Crippen LogP contribution in [0.4, 0.5) is 11.4 Å². The van der Waals surface area contributed by atoms with E-state index in [-0.39, 0.29) is 17.9 Å². The molecule has 124 valence electrons.